The SMILES string of the molecule is COCc1noc(CN2CCC(n3c(=O)[nH]c4ccccc43)CC2)n1. The summed E-state index contributed by atoms with van der Waals surface area (Å²) in [6.07, 6.45) is 1.83. The maximum Gasteiger partial charge on any atom is 0.326 e. The molecule has 1 N–H and O–H groups in total. The van der Waals surface area contributed by atoms with Crippen LogP contribution in [0.3, 0.4) is 0 Å². The number of piperidine rings is 1. The molecular formula is C17H21N5O3. The Labute approximate surface area is 144 Å². The van der Waals surface area contributed by atoms with E-state index in [4.69, 9.17) is 9.26 Å². The second-order valence-electron chi connectivity index (χ2n) is 6.36. The van der Waals surface area contributed by atoms with E-state index in [-0.39, 0.29) is 11.7 Å². The summed E-state index contributed by atoms with van der Waals surface area (Å²) in [5.74, 6) is 1.17. The summed E-state index contributed by atoms with van der Waals surface area (Å²) in [6, 6.07) is 8.05. The summed E-state index contributed by atoms with van der Waals surface area (Å²) in [4.78, 5) is 21.9. The van der Waals surface area contributed by atoms with Gasteiger partial charge in [-0.3, -0.25) is 9.47 Å². The average Bonchev–Trinajstić information content (AvgIpc) is 3.19. The first-order chi connectivity index (χ1) is 12.2. The Morgan fingerprint density at radius 2 is 2.12 bits per heavy atom. The van der Waals surface area contributed by atoms with Gasteiger partial charge in [-0.25, -0.2) is 4.79 Å². The third-order valence-corrected chi connectivity index (χ3v) is 4.69. The minimum absolute atomic E-state index is 0.0271. The molecule has 0 unspecified atom stereocenters. The molecule has 0 aliphatic carbocycles. The maximum atomic E-state index is 12.3. The van der Waals surface area contributed by atoms with Gasteiger partial charge in [-0.05, 0) is 25.0 Å². The Balaban J connectivity index is 1.42. The van der Waals surface area contributed by atoms with Crippen LogP contribution >= 0.6 is 0 Å². The van der Waals surface area contributed by atoms with E-state index in [0.29, 0.717) is 24.9 Å². The molecule has 1 aromatic carbocycles. The summed E-state index contributed by atoms with van der Waals surface area (Å²) in [6.45, 7) is 2.76. The van der Waals surface area contributed by atoms with E-state index in [0.717, 1.165) is 37.0 Å². The van der Waals surface area contributed by atoms with Crippen molar-refractivity contribution < 1.29 is 9.26 Å². The van der Waals surface area contributed by atoms with Crippen molar-refractivity contribution in [2.45, 2.75) is 32.0 Å². The van der Waals surface area contributed by atoms with Crippen LogP contribution < -0.4 is 5.69 Å². The number of rotatable bonds is 5. The van der Waals surface area contributed by atoms with Crippen LogP contribution in [0.2, 0.25) is 0 Å². The Kier molecular flexibility index (Phi) is 4.37. The number of likely N-dealkylation sites (tertiary alicyclic amines) is 1. The largest absolute Gasteiger partial charge is 0.377 e. The van der Waals surface area contributed by atoms with Gasteiger partial charge in [0.15, 0.2) is 5.82 Å². The quantitative estimate of drug-likeness (QED) is 0.758. The van der Waals surface area contributed by atoms with Gasteiger partial charge in [0.05, 0.1) is 17.6 Å². The monoisotopic (exact) mass is 343 g/mol. The average molecular weight is 343 g/mol. The number of fused-ring (bicyclic) bond motifs is 1. The molecule has 1 saturated heterocycles. The summed E-state index contributed by atoms with van der Waals surface area (Å²) in [5, 5.41) is 3.89. The van der Waals surface area contributed by atoms with Crippen molar-refractivity contribution in [2.24, 2.45) is 0 Å². The Morgan fingerprint density at radius 3 is 2.92 bits per heavy atom. The number of benzene rings is 1. The van der Waals surface area contributed by atoms with Gasteiger partial charge in [0, 0.05) is 26.2 Å². The lowest BCUT2D eigenvalue weighted by atomic mass is 10.0. The standard InChI is InChI=1S/C17H21N5O3/c1-24-11-15-19-16(25-20-15)10-21-8-6-12(7-9-21)22-14-5-3-2-4-13(14)18-17(22)23/h2-5,12H,6-11H2,1H3,(H,18,23). The summed E-state index contributed by atoms with van der Waals surface area (Å²) < 4.78 is 12.2. The predicted octanol–water partition coefficient (Wildman–Crippen LogP) is 1.70. The maximum absolute atomic E-state index is 12.3. The summed E-state index contributed by atoms with van der Waals surface area (Å²) in [7, 11) is 1.60. The number of hydrogen-bond donors (Lipinski definition) is 1. The van der Waals surface area contributed by atoms with Crippen molar-refractivity contribution >= 4 is 11.0 Å². The number of para-hydroxylation sites is 2. The van der Waals surface area contributed by atoms with E-state index in [9.17, 15) is 4.79 Å². The molecule has 1 fully saturated rings. The fraction of sp³-hybridized carbons (Fsp3) is 0.471. The second-order valence-corrected chi connectivity index (χ2v) is 6.36. The molecule has 1 aliphatic heterocycles. The molecule has 0 radical (unpaired) electrons. The zero-order valence-electron chi connectivity index (χ0n) is 14.1. The Morgan fingerprint density at radius 1 is 1.32 bits per heavy atom. The molecule has 3 aromatic rings. The topological polar surface area (TPSA) is 89.2 Å². The van der Waals surface area contributed by atoms with Crippen LogP contribution in [0, 0.1) is 0 Å². The normalized spacial score (nSPS) is 16.7. The minimum atomic E-state index is -0.0271. The Hall–Kier alpha value is -2.45. The highest BCUT2D eigenvalue weighted by Crippen LogP contribution is 2.25. The van der Waals surface area contributed by atoms with Gasteiger partial charge in [-0.1, -0.05) is 17.3 Å². The van der Waals surface area contributed by atoms with Gasteiger partial charge >= 0.3 is 5.69 Å². The fourth-order valence-electron chi connectivity index (χ4n) is 3.51. The molecule has 0 atom stereocenters. The van der Waals surface area contributed by atoms with Crippen LogP contribution in [0.15, 0.2) is 33.6 Å². The van der Waals surface area contributed by atoms with Crippen molar-refractivity contribution in [2.75, 3.05) is 20.2 Å². The lowest BCUT2D eigenvalue weighted by Crippen LogP contribution is -2.36. The highest BCUT2D eigenvalue weighted by Gasteiger charge is 2.24. The number of nitrogens with one attached hydrogen (secondary N) is 1. The second kappa shape index (κ2) is 6.81. The first-order valence-electron chi connectivity index (χ1n) is 8.46. The number of H-pyrrole nitrogens is 1. The molecule has 8 heteroatoms. The molecule has 0 amide bonds. The number of methoxy groups -OCH3 is 1. The third kappa shape index (κ3) is 3.22. The van der Waals surface area contributed by atoms with Crippen molar-refractivity contribution in [1.82, 2.24) is 24.6 Å². The fourth-order valence-corrected chi connectivity index (χ4v) is 3.51. The number of aromatic nitrogens is 4. The van der Waals surface area contributed by atoms with E-state index in [1.54, 1.807) is 7.11 Å². The van der Waals surface area contributed by atoms with E-state index in [2.05, 4.69) is 20.0 Å². The Bertz CT molecular complexity index is 904. The number of ether oxygens (including phenoxy) is 1. The number of imidazole rings is 1. The smallest absolute Gasteiger partial charge is 0.326 e. The molecule has 0 bridgehead atoms. The molecule has 25 heavy (non-hydrogen) atoms. The van der Waals surface area contributed by atoms with E-state index in [1.807, 2.05) is 28.8 Å². The molecule has 4 rings (SSSR count). The highest BCUT2D eigenvalue weighted by molar-refractivity contribution is 5.75. The lowest BCUT2D eigenvalue weighted by Gasteiger charge is -2.31. The molecule has 8 nitrogen and oxygen atoms in total. The zero-order valence-corrected chi connectivity index (χ0v) is 14.1. The molecular weight excluding hydrogens is 322 g/mol. The zero-order chi connectivity index (χ0) is 17.2. The number of aromatic amines is 1. The minimum Gasteiger partial charge on any atom is -0.377 e. The van der Waals surface area contributed by atoms with Crippen LogP contribution in [-0.2, 0) is 17.9 Å². The van der Waals surface area contributed by atoms with Crippen LogP contribution in [0.5, 0.6) is 0 Å². The lowest BCUT2D eigenvalue weighted by molar-refractivity contribution is 0.160. The first-order valence-corrected chi connectivity index (χ1v) is 8.46. The van der Waals surface area contributed by atoms with Crippen molar-refractivity contribution in [3.8, 4) is 0 Å². The number of hydrogen-bond acceptors (Lipinski definition) is 6. The molecule has 3 heterocycles. The molecule has 132 valence electrons. The van der Waals surface area contributed by atoms with Gasteiger partial charge in [0.2, 0.25) is 5.89 Å². The van der Waals surface area contributed by atoms with Crippen molar-refractivity contribution in [1.29, 1.82) is 0 Å². The number of nitrogens with zero attached hydrogens (tertiary/aromatic N) is 4. The van der Waals surface area contributed by atoms with Gasteiger partial charge in [-0.2, -0.15) is 4.98 Å². The van der Waals surface area contributed by atoms with Gasteiger partial charge < -0.3 is 14.2 Å². The van der Waals surface area contributed by atoms with Gasteiger partial charge in [0.25, 0.3) is 0 Å². The van der Waals surface area contributed by atoms with Crippen molar-refractivity contribution in [3.05, 3.63) is 46.5 Å². The summed E-state index contributed by atoms with van der Waals surface area (Å²) >= 11 is 0. The van der Waals surface area contributed by atoms with E-state index in [1.165, 1.54) is 0 Å². The summed E-state index contributed by atoms with van der Waals surface area (Å²) in [5.41, 5.74) is 1.85. The van der Waals surface area contributed by atoms with E-state index < -0.39 is 0 Å². The van der Waals surface area contributed by atoms with Crippen LogP contribution in [-0.4, -0.2) is 44.8 Å². The molecule has 1 aliphatic rings. The predicted molar refractivity (Wildman–Crippen MR) is 91.1 cm³/mol. The molecule has 2 aromatic heterocycles. The molecule has 0 saturated carbocycles. The van der Waals surface area contributed by atoms with E-state index >= 15 is 0 Å². The van der Waals surface area contributed by atoms with Crippen LogP contribution in [0.4, 0.5) is 0 Å². The van der Waals surface area contributed by atoms with Gasteiger partial charge in [0.1, 0.15) is 6.61 Å². The third-order valence-electron chi connectivity index (χ3n) is 4.69. The van der Waals surface area contributed by atoms with Crippen molar-refractivity contribution in [3.63, 3.8) is 0 Å². The first kappa shape index (κ1) is 16.0. The van der Waals surface area contributed by atoms with Crippen LogP contribution in [0.1, 0.15) is 30.6 Å². The highest BCUT2D eigenvalue weighted by atomic mass is 16.5. The molecule has 0 spiro atoms. The van der Waals surface area contributed by atoms with Gasteiger partial charge in [-0.15, -0.1) is 0 Å². The van der Waals surface area contributed by atoms with Crippen LogP contribution in [0.25, 0.3) is 11.0 Å².